The zero-order valence-electron chi connectivity index (χ0n) is 10.00. The van der Waals surface area contributed by atoms with Crippen molar-refractivity contribution in [3.63, 3.8) is 0 Å². The van der Waals surface area contributed by atoms with E-state index in [0.29, 0.717) is 12.5 Å². The Kier molecular flexibility index (Phi) is 5.03. The fourth-order valence-electron chi connectivity index (χ4n) is 1.91. The summed E-state index contributed by atoms with van der Waals surface area (Å²) in [5.41, 5.74) is 0.00324. The minimum atomic E-state index is -0.185. The molecule has 0 heterocycles. The second-order valence-electron chi connectivity index (χ2n) is 4.90. The van der Waals surface area contributed by atoms with Crippen molar-refractivity contribution < 1.29 is 10.2 Å². The molecule has 1 aliphatic carbocycles. The standard InChI is InChI=1S/C12H25NO2/c1-3-12(4-2,9-14)8-13-7-11(15)10-5-6-10/h10-11,13-15H,3-9H2,1-2H3. The Morgan fingerprint density at radius 3 is 2.33 bits per heavy atom. The van der Waals surface area contributed by atoms with Crippen LogP contribution < -0.4 is 5.32 Å². The molecule has 0 aromatic heterocycles. The van der Waals surface area contributed by atoms with Crippen LogP contribution in [0.2, 0.25) is 0 Å². The van der Waals surface area contributed by atoms with E-state index in [1.54, 1.807) is 0 Å². The Morgan fingerprint density at radius 1 is 1.33 bits per heavy atom. The predicted octanol–water partition coefficient (Wildman–Crippen LogP) is 1.15. The smallest absolute Gasteiger partial charge is 0.0692 e. The lowest BCUT2D eigenvalue weighted by Crippen LogP contribution is -2.40. The molecule has 0 amide bonds. The lowest BCUT2D eigenvalue weighted by atomic mass is 9.83. The van der Waals surface area contributed by atoms with E-state index in [9.17, 15) is 10.2 Å². The summed E-state index contributed by atoms with van der Waals surface area (Å²) in [6.07, 6.45) is 4.12. The van der Waals surface area contributed by atoms with Gasteiger partial charge in [0.15, 0.2) is 0 Å². The third kappa shape index (κ3) is 3.74. The maximum absolute atomic E-state index is 9.68. The van der Waals surface area contributed by atoms with Crippen molar-refractivity contribution in [3.05, 3.63) is 0 Å². The number of rotatable bonds is 8. The third-order valence-corrected chi connectivity index (χ3v) is 3.86. The first-order valence-electron chi connectivity index (χ1n) is 6.17. The molecule has 3 N–H and O–H groups in total. The lowest BCUT2D eigenvalue weighted by molar-refractivity contribution is 0.0998. The molecule has 0 aliphatic heterocycles. The molecular weight excluding hydrogens is 190 g/mol. The summed E-state index contributed by atoms with van der Waals surface area (Å²) in [7, 11) is 0. The van der Waals surface area contributed by atoms with Crippen molar-refractivity contribution >= 4 is 0 Å². The lowest BCUT2D eigenvalue weighted by Gasteiger charge is -2.30. The van der Waals surface area contributed by atoms with Crippen molar-refractivity contribution in [1.82, 2.24) is 5.32 Å². The van der Waals surface area contributed by atoms with Crippen LogP contribution in [0, 0.1) is 11.3 Å². The third-order valence-electron chi connectivity index (χ3n) is 3.86. The van der Waals surface area contributed by atoms with Gasteiger partial charge in [-0.3, -0.25) is 0 Å². The van der Waals surface area contributed by atoms with Gasteiger partial charge >= 0.3 is 0 Å². The number of aliphatic hydroxyl groups excluding tert-OH is 2. The summed E-state index contributed by atoms with van der Waals surface area (Å²) in [4.78, 5) is 0. The van der Waals surface area contributed by atoms with Gasteiger partial charge in [0.25, 0.3) is 0 Å². The van der Waals surface area contributed by atoms with Gasteiger partial charge in [0, 0.05) is 25.1 Å². The van der Waals surface area contributed by atoms with Crippen LogP contribution in [0.15, 0.2) is 0 Å². The van der Waals surface area contributed by atoms with E-state index in [4.69, 9.17) is 0 Å². The zero-order chi connectivity index (χ0) is 11.3. The average molecular weight is 215 g/mol. The SMILES string of the molecule is CCC(CC)(CO)CNCC(O)C1CC1. The first-order valence-corrected chi connectivity index (χ1v) is 6.17. The van der Waals surface area contributed by atoms with E-state index < -0.39 is 0 Å². The monoisotopic (exact) mass is 215 g/mol. The molecule has 90 valence electrons. The van der Waals surface area contributed by atoms with Crippen LogP contribution >= 0.6 is 0 Å². The highest BCUT2D eigenvalue weighted by molar-refractivity contribution is 4.84. The quantitative estimate of drug-likeness (QED) is 0.569. The van der Waals surface area contributed by atoms with Crippen LogP contribution in [-0.2, 0) is 0 Å². The van der Waals surface area contributed by atoms with E-state index in [1.165, 1.54) is 12.8 Å². The Morgan fingerprint density at radius 2 is 1.93 bits per heavy atom. The molecule has 0 bridgehead atoms. The molecule has 1 atom stereocenters. The highest BCUT2D eigenvalue weighted by Gasteiger charge is 2.30. The van der Waals surface area contributed by atoms with E-state index in [2.05, 4.69) is 19.2 Å². The molecule has 0 aromatic rings. The average Bonchev–Trinajstić information content (AvgIpc) is 3.08. The molecule has 1 unspecified atom stereocenters. The van der Waals surface area contributed by atoms with E-state index in [0.717, 1.165) is 19.4 Å². The van der Waals surface area contributed by atoms with Crippen LogP contribution in [-0.4, -0.2) is 36.0 Å². The van der Waals surface area contributed by atoms with Crippen molar-refractivity contribution in [1.29, 1.82) is 0 Å². The summed E-state index contributed by atoms with van der Waals surface area (Å²) in [6, 6.07) is 0. The molecule has 0 spiro atoms. The molecule has 1 rings (SSSR count). The topological polar surface area (TPSA) is 52.5 Å². The van der Waals surface area contributed by atoms with Crippen LogP contribution in [0.3, 0.4) is 0 Å². The minimum Gasteiger partial charge on any atom is -0.396 e. The van der Waals surface area contributed by atoms with E-state index >= 15 is 0 Å². The Balaban J connectivity index is 2.20. The van der Waals surface area contributed by atoms with Crippen molar-refractivity contribution in [3.8, 4) is 0 Å². The molecule has 1 fully saturated rings. The Bertz CT molecular complexity index is 168. The minimum absolute atomic E-state index is 0.00324. The van der Waals surface area contributed by atoms with Crippen molar-refractivity contribution in [2.45, 2.75) is 45.6 Å². The molecule has 1 aliphatic rings. The van der Waals surface area contributed by atoms with Crippen LogP contribution in [0.5, 0.6) is 0 Å². The van der Waals surface area contributed by atoms with Gasteiger partial charge in [-0.25, -0.2) is 0 Å². The van der Waals surface area contributed by atoms with E-state index in [1.807, 2.05) is 0 Å². The number of nitrogens with one attached hydrogen (secondary N) is 1. The zero-order valence-corrected chi connectivity index (χ0v) is 10.00. The summed E-state index contributed by atoms with van der Waals surface area (Å²) in [5.74, 6) is 0.532. The second kappa shape index (κ2) is 5.83. The van der Waals surface area contributed by atoms with E-state index in [-0.39, 0.29) is 18.1 Å². The number of hydrogen-bond acceptors (Lipinski definition) is 3. The fraction of sp³-hybridized carbons (Fsp3) is 1.00. The second-order valence-corrected chi connectivity index (χ2v) is 4.90. The first-order chi connectivity index (χ1) is 7.17. The molecular formula is C12H25NO2. The van der Waals surface area contributed by atoms with Gasteiger partial charge in [0.05, 0.1) is 6.10 Å². The summed E-state index contributed by atoms with van der Waals surface area (Å²) in [5, 5.41) is 22.3. The first kappa shape index (κ1) is 12.9. The predicted molar refractivity (Wildman–Crippen MR) is 61.7 cm³/mol. The van der Waals surface area contributed by atoms with Crippen molar-refractivity contribution in [2.24, 2.45) is 11.3 Å². The van der Waals surface area contributed by atoms with Gasteiger partial charge in [-0.15, -0.1) is 0 Å². The molecule has 0 saturated heterocycles. The van der Waals surface area contributed by atoms with Gasteiger partial charge in [0.1, 0.15) is 0 Å². The maximum atomic E-state index is 9.68. The van der Waals surface area contributed by atoms with Crippen LogP contribution in [0.4, 0.5) is 0 Å². The molecule has 3 heteroatoms. The molecule has 3 nitrogen and oxygen atoms in total. The molecule has 15 heavy (non-hydrogen) atoms. The number of hydrogen-bond donors (Lipinski definition) is 3. The highest BCUT2D eigenvalue weighted by atomic mass is 16.3. The highest BCUT2D eigenvalue weighted by Crippen LogP contribution is 2.32. The van der Waals surface area contributed by atoms with Gasteiger partial charge in [-0.1, -0.05) is 13.8 Å². The molecule has 0 aromatic carbocycles. The summed E-state index contributed by atoms with van der Waals surface area (Å²) < 4.78 is 0. The Hall–Kier alpha value is -0.120. The van der Waals surface area contributed by atoms with Crippen LogP contribution in [0.25, 0.3) is 0 Å². The van der Waals surface area contributed by atoms with Gasteiger partial charge in [0.2, 0.25) is 0 Å². The largest absolute Gasteiger partial charge is 0.396 e. The summed E-state index contributed by atoms with van der Waals surface area (Å²) >= 11 is 0. The van der Waals surface area contributed by atoms with Crippen molar-refractivity contribution in [2.75, 3.05) is 19.7 Å². The molecule has 1 saturated carbocycles. The van der Waals surface area contributed by atoms with Crippen LogP contribution in [0.1, 0.15) is 39.5 Å². The summed E-state index contributed by atoms with van der Waals surface area (Å²) in [6.45, 7) is 5.93. The van der Waals surface area contributed by atoms with Gasteiger partial charge < -0.3 is 15.5 Å². The number of aliphatic hydroxyl groups is 2. The van der Waals surface area contributed by atoms with Gasteiger partial charge in [-0.05, 0) is 31.6 Å². The molecule has 0 radical (unpaired) electrons. The fourth-order valence-corrected chi connectivity index (χ4v) is 1.91. The maximum Gasteiger partial charge on any atom is 0.0692 e. The Labute approximate surface area is 92.9 Å². The van der Waals surface area contributed by atoms with Gasteiger partial charge in [-0.2, -0.15) is 0 Å². The normalized spacial score (nSPS) is 19.2.